The molecule has 0 aromatic heterocycles. The fourth-order valence-electron chi connectivity index (χ4n) is 2.22. The summed E-state index contributed by atoms with van der Waals surface area (Å²) >= 11 is 3.37. The van der Waals surface area contributed by atoms with Crippen molar-refractivity contribution in [1.29, 1.82) is 0 Å². The predicted octanol–water partition coefficient (Wildman–Crippen LogP) is 4.74. The van der Waals surface area contributed by atoms with Crippen molar-refractivity contribution < 1.29 is 8.78 Å². The number of halogens is 3. The Morgan fingerprint density at radius 1 is 1.33 bits per heavy atom. The summed E-state index contributed by atoms with van der Waals surface area (Å²) in [5.74, 6) is -2.45. The fraction of sp³-hybridized carbons (Fsp3) is 0.500. The van der Waals surface area contributed by atoms with Crippen molar-refractivity contribution in [3.8, 4) is 0 Å². The van der Waals surface area contributed by atoms with Gasteiger partial charge in [-0.3, -0.25) is 0 Å². The van der Waals surface area contributed by atoms with Gasteiger partial charge in [-0.15, -0.1) is 0 Å². The van der Waals surface area contributed by atoms with Crippen LogP contribution in [0.25, 0.3) is 0 Å². The van der Waals surface area contributed by atoms with Crippen LogP contribution in [0.1, 0.15) is 37.2 Å². The van der Waals surface area contributed by atoms with Crippen LogP contribution >= 0.6 is 15.9 Å². The van der Waals surface area contributed by atoms with E-state index in [1.807, 2.05) is 24.3 Å². The summed E-state index contributed by atoms with van der Waals surface area (Å²) in [7, 11) is 0. The number of alkyl halides is 2. The van der Waals surface area contributed by atoms with Gasteiger partial charge in [-0.25, -0.2) is 8.78 Å². The lowest BCUT2D eigenvalue weighted by Crippen LogP contribution is -2.24. The van der Waals surface area contributed by atoms with Crippen LogP contribution in [0.2, 0.25) is 0 Å². The van der Waals surface area contributed by atoms with Crippen molar-refractivity contribution in [3.63, 3.8) is 0 Å². The number of hydrogen-bond donors (Lipinski definition) is 0. The first-order chi connectivity index (χ1) is 7.07. The second-order valence-corrected chi connectivity index (χ2v) is 5.12. The third kappa shape index (κ3) is 2.77. The minimum absolute atomic E-state index is 0.00343. The summed E-state index contributed by atoms with van der Waals surface area (Å²) in [5, 5.41) is 0. The maximum absolute atomic E-state index is 13.2. The van der Waals surface area contributed by atoms with Crippen molar-refractivity contribution in [2.24, 2.45) is 0 Å². The average molecular weight is 275 g/mol. The van der Waals surface area contributed by atoms with Gasteiger partial charge in [0.25, 0.3) is 0 Å². The molecule has 1 unspecified atom stereocenters. The topological polar surface area (TPSA) is 0 Å². The maximum atomic E-state index is 13.2. The van der Waals surface area contributed by atoms with E-state index < -0.39 is 5.92 Å². The van der Waals surface area contributed by atoms with E-state index in [0.717, 1.165) is 16.5 Å². The van der Waals surface area contributed by atoms with Gasteiger partial charge in [0.2, 0.25) is 5.92 Å². The van der Waals surface area contributed by atoms with Crippen LogP contribution in [0.4, 0.5) is 8.78 Å². The Labute approximate surface area is 96.8 Å². The van der Waals surface area contributed by atoms with E-state index in [4.69, 9.17) is 0 Å². The molecule has 0 saturated heterocycles. The van der Waals surface area contributed by atoms with Crippen LogP contribution in [-0.4, -0.2) is 5.92 Å². The lowest BCUT2D eigenvalue weighted by Gasteiger charge is -2.29. The molecule has 82 valence electrons. The molecule has 2 rings (SSSR count). The monoisotopic (exact) mass is 274 g/mol. The van der Waals surface area contributed by atoms with E-state index in [0.29, 0.717) is 6.42 Å². The van der Waals surface area contributed by atoms with Crippen LogP contribution in [0.3, 0.4) is 0 Å². The lowest BCUT2D eigenvalue weighted by atomic mass is 9.82. The Morgan fingerprint density at radius 2 is 2.13 bits per heavy atom. The van der Waals surface area contributed by atoms with Crippen molar-refractivity contribution >= 4 is 15.9 Å². The Hall–Kier alpha value is -0.440. The summed E-state index contributed by atoms with van der Waals surface area (Å²) in [6.45, 7) is 0. The van der Waals surface area contributed by atoms with Gasteiger partial charge in [0.05, 0.1) is 0 Å². The molecule has 1 saturated carbocycles. The van der Waals surface area contributed by atoms with E-state index in [1.165, 1.54) is 0 Å². The molecule has 1 aliphatic carbocycles. The van der Waals surface area contributed by atoms with Gasteiger partial charge >= 0.3 is 0 Å². The van der Waals surface area contributed by atoms with Crippen LogP contribution in [-0.2, 0) is 0 Å². The van der Waals surface area contributed by atoms with Gasteiger partial charge in [-0.1, -0.05) is 28.1 Å². The molecule has 0 aliphatic heterocycles. The van der Waals surface area contributed by atoms with Gasteiger partial charge in [-0.05, 0) is 36.5 Å². The summed E-state index contributed by atoms with van der Waals surface area (Å²) in [4.78, 5) is 0. The molecule has 1 aliphatic rings. The number of hydrogen-bond acceptors (Lipinski definition) is 0. The SMILES string of the molecule is FC1(F)CCCC(c2cccc(Br)c2)C1. The maximum Gasteiger partial charge on any atom is 0.248 e. The fourth-order valence-corrected chi connectivity index (χ4v) is 2.63. The minimum atomic E-state index is -2.47. The molecule has 0 amide bonds. The molecule has 3 heteroatoms. The third-order valence-corrected chi connectivity index (χ3v) is 3.45. The molecule has 1 aromatic rings. The van der Waals surface area contributed by atoms with E-state index >= 15 is 0 Å². The first-order valence-corrected chi connectivity index (χ1v) is 5.99. The summed E-state index contributed by atoms with van der Waals surface area (Å²) in [6.07, 6.45) is 1.57. The predicted molar refractivity (Wildman–Crippen MR) is 60.3 cm³/mol. The molecule has 0 heterocycles. The Morgan fingerprint density at radius 3 is 2.80 bits per heavy atom. The van der Waals surface area contributed by atoms with Crippen molar-refractivity contribution in [1.82, 2.24) is 0 Å². The molecule has 0 N–H and O–H groups in total. The van der Waals surface area contributed by atoms with Gasteiger partial charge in [0.1, 0.15) is 0 Å². The highest BCUT2D eigenvalue weighted by Crippen LogP contribution is 2.41. The Bertz CT molecular complexity index is 349. The smallest absolute Gasteiger partial charge is 0.207 e. The van der Waals surface area contributed by atoms with Crippen molar-refractivity contribution in [2.75, 3.05) is 0 Å². The van der Waals surface area contributed by atoms with E-state index in [1.54, 1.807) is 0 Å². The molecule has 0 radical (unpaired) electrons. The molecular formula is C12H13BrF2. The zero-order valence-electron chi connectivity index (χ0n) is 8.35. The molecule has 1 atom stereocenters. The van der Waals surface area contributed by atoms with Gasteiger partial charge in [0.15, 0.2) is 0 Å². The molecule has 0 bridgehead atoms. The molecule has 1 aromatic carbocycles. The Kier molecular flexibility index (Phi) is 3.10. The van der Waals surface area contributed by atoms with Gasteiger partial charge < -0.3 is 0 Å². The minimum Gasteiger partial charge on any atom is -0.207 e. The largest absolute Gasteiger partial charge is 0.248 e. The van der Waals surface area contributed by atoms with Crippen LogP contribution in [0.5, 0.6) is 0 Å². The van der Waals surface area contributed by atoms with Gasteiger partial charge in [0, 0.05) is 17.3 Å². The van der Waals surface area contributed by atoms with Crippen molar-refractivity contribution in [2.45, 2.75) is 37.5 Å². The Balaban J connectivity index is 2.17. The first-order valence-electron chi connectivity index (χ1n) is 5.20. The highest BCUT2D eigenvalue weighted by molar-refractivity contribution is 9.10. The van der Waals surface area contributed by atoms with Crippen LogP contribution < -0.4 is 0 Å². The first kappa shape index (κ1) is 11.1. The van der Waals surface area contributed by atoms with E-state index in [2.05, 4.69) is 15.9 Å². The van der Waals surface area contributed by atoms with E-state index in [9.17, 15) is 8.78 Å². The molecule has 15 heavy (non-hydrogen) atoms. The lowest BCUT2D eigenvalue weighted by molar-refractivity contribution is -0.0408. The second-order valence-electron chi connectivity index (χ2n) is 4.20. The average Bonchev–Trinajstić information content (AvgIpc) is 2.16. The normalized spacial score (nSPS) is 25.1. The summed E-state index contributed by atoms with van der Waals surface area (Å²) in [6, 6.07) is 7.72. The summed E-state index contributed by atoms with van der Waals surface area (Å²) in [5.41, 5.74) is 1.03. The number of benzene rings is 1. The molecule has 0 nitrogen and oxygen atoms in total. The highest BCUT2D eigenvalue weighted by Gasteiger charge is 2.36. The van der Waals surface area contributed by atoms with Crippen LogP contribution in [0.15, 0.2) is 28.7 Å². The molecule has 1 fully saturated rings. The number of rotatable bonds is 1. The van der Waals surface area contributed by atoms with Crippen molar-refractivity contribution in [3.05, 3.63) is 34.3 Å². The van der Waals surface area contributed by atoms with E-state index in [-0.39, 0.29) is 18.8 Å². The quantitative estimate of drug-likeness (QED) is 0.694. The van der Waals surface area contributed by atoms with Crippen LogP contribution in [0, 0.1) is 0 Å². The summed E-state index contributed by atoms with van der Waals surface area (Å²) < 4.78 is 27.4. The zero-order chi connectivity index (χ0) is 10.9. The third-order valence-electron chi connectivity index (χ3n) is 2.96. The second kappa shape index (κ2) is 4.20. The standard InChI is InChI=1S/C12H13BrF2/c13-11-5-1-3-9(7-11)10-4-2-6-12(14,15)8-10/h1,3,5,7,10H,2,4,6,8H2. The van der Waals surface area contributed by atoms with Gasteiger partial charge in [-0.2, -0.15) is 0 Å². The molecular weight excluding hydrogens is 262 g/mol. The molecule has 0 spiro atoms. The zero-order valence-corrected chi connectivity index (χ0v) is 9.94. The highest BCUT2D eigenvalue weighted by atomic mass is 79.9.